The van der Waals surface area contributed by atoms with Crippen molar-refractivity contribution in [3.8, 4) is 0 Å². The molecule has 0 saturated heterocycles. The summed E-state index contributed by atoms with van der Waals surface area (Å²) in [5, 5.41) is 9.19. The molecule has 0 heterocycles. The summed E-state index contributed by atoms with van der Waals surface area (Å²) < 4.78 is 0. The van der Waals surface area contributed by atoms with Crippen LogP contribution in [0.2, 0.25) is 0 Å². The van der Waals surface area contributed by atoms with E-state index in [4.69, 9.17) is 11.5 Å². The fraction of sp³-hybridized carbons (Fsp3) is 0.600. The molecule has 0 spiro atoms. The van der Waals surface area contributed by atoms with Crippen molar-refractivity contribution >= 4 is 24.0 Å². The number of nitrogens with two attached hydrogens (primary N) is 2. The lowest BCUT2D eigenvalue weighted by Gasteiger charge is -2.27. The third-order valence-corrected chi connectivity index (χ3v) is 2.28. The minimum Gasteiger partial charge on any atom is -0.391 e. The topological polar surface area (TPSA) is 144 Å². The summed E-state index contributed by atoms with van der Waals surface area (Å²) in [7, 11) is 0. The molecule has 3 atom stereocenters. The van der Waals surface area contributed by atoms with Crippen molar-refractivity contribution in [3.63, 3.8) is 0 Å². The first kappa shape index (κ1) is 16.2. The zero-order valence-corrected chi connectivity index (χ0v) is 10.2. The molecule has 102 valence electrons. The molecule has 0 aromatic rings. The van der Waals surface area contributed by atoms with E-state index in [2.05, 4.69) is 0 Å². The zero-order valence-electron chi connectivity index (χ0n) is 10.2. The second-order valence-electron chi connectivity index (χ2n) is 3.87. The van der Waals surface area contributed by atoms with E-state index in [1.165, 1.54) is 6.92 Å². The van der Waals surface area contributed by atoms with Gasteiger partial charge in [0.05, 0.1) is 12.5 Å². The predicted octanol–water partition coefficient (Wildman–Crippen LogP) is -2.49. The summed E-state index contributed by atoms with van der Waals surface area (Å²) in [6, 6.07) is -2.67. The van der Waals surface area contributed by atoms with Crippen LogP contribution in [-0.4, -0.2) is 52.2 Å². The molecule has 3 amide bonds. The predicted molar refractivity (Wildman–Crippen MR) is 60.8 cm³/mol. The number of amides is 3. The van der Waals surface area contributed by atoms with Crippen LogP contribution in [0.25, 0.3) is 0 Å². The summed E-state index contributed by atoms with van der Waals surface area (Å²) in [4.78, 5) is 45.3. The third kappa shape index (κ3) is 4.22. The van der Waals surface area contributed by atoms with Crippen LogP contribution in [0.5, 0.6) is 0 Å². The lowest BCUT2D eigenvalue weighted by atomic mass is 10.1. The van der Waals surface area contributed by atoms with E-state index in [9.17, 15) is 24.3 Å². The summed E-state index contributed by atoms with van der Waals surface area (Å²) >= 11 is 0. The first-order valence-corrected chi connectivity index (χ1v) is 5.23. The Morgan fingerprint density at radius 3 is 2.17 bits per heavy atom. The number of hydrogen-bond donors (Lipinski definition) is 3. The fourth-order valence-corrected chi connectivity index (χ4v) is 1.33. The number of imide groups is 1. The molecular weight excluding hydrogens is 242 g/mol. The van der Waals surface area contributed by atoms with Gasteiger partial charge in [0, 0.05) is 6.92 Å². The van der Waals surface area contributed by atoms with Crippen molar-refractivity contribution in [2.45, 2.75) is 38.5 Å². The highest BCUT2D eigenvalue weighted by Gasteiger charge is 2.33. The van der Waals surface area contributed by atoms with Gasteiger partial charge in [0.25, 0.3) is 0 Å². The first-order valence-electron chi connectivity index (χ1n) is 5.23. The van der Waals surface area contributed by atoms with Gasteiger partial charge in [-0.2, -0.15) is 0 Å². The quantitative estimate of drug-likeness (QED) is 0.450. The molecule has 18 heavy (non-hydrogen) atoms. The molecule has 0 rings (SSSR count). The number of primary amides is 1. The highest BCUT2D eigenvalue weighted by molar-refractivity contribution is 6.00. The second-order valence-corrected chi connectivity index (χ2v) is 3.87. The Balaban J connectivity index is 5.16. The summed E-state index contributed by atoms with van der Waals surface area (Å²) in [5.41, 5.74) is 10.3. The average Bonchev–Trinajstić information content (AvgIpc) is 2.25. The number of rotatable bonds is 6. The van der Waals surface area contributed by atoms with E-state index < -0.39 is 42.3 Å². The van der Waals surface area contributed by atoms with Crippen molar-refractivity contribution in [1.82, 2.24) is 4.90 Å². The number of carbonyl (C=O) groups is 4. The number of nitrogens with zero attached hydrogens (tertiary/aromatic N) is 1. The summed E-state index contributed by atoms with van der Waals surface area (Å²) in [5.74, 6) is -2.53. The number of carbonyl (C=O) groups excluding carboxylic acids is 4. The highest BCUT2D eigenvalue weighted by atomic mass is 16.3. The van der Waals surface area contributed by atoms with Crippen molar-refractivity contribution < 1.29 is 24.3 Å². The Kier molecular flexibility index (Phi) is 6.14. The van der Waals surface area contributed by atoms with E-state index >= 15 is 0 Å². The van der Waals surface area contributed by atoms with Gasteiger partial charge < -0.3 is 21.4 Å². The van der Waals surface area contributed by atoms with Crippen LogP contribution in [0.1, 0.15) is 20.3 Å². The Labute approximate surface area is 104 Å². The van der Waals surface area contributed by atoms with Gasteiger partial charge in [0.15, 0.2) is 0 Å². The van der Waals surface area contributed by atoms with Gasteiger partial charge in [-0.15, -0.1) is 0 Å². The van der Waals surface area contributed by atoms with Crippen LogP contribution in [0.3, 0.4) is 0 Å². The Hall–Kier alpha value is -1.80. The molecule has 5 N–H and O–H groups in total. The average molecular weight is 259 g/mol. The Bertz CT molecular complexity index is 355. The van der Waals surface area contributed by atoms with Crippen LogP contribution >= 0.6 is 0 Å². The van der Waals surface area contributed by atoms with Crippen LogP contribution in [-0.2, 0) is 19.2 Å². The molecular formula is C10H17N3O5. The maximum absolute atomic E-state index is 11.8. The van der Waals surface area contributed by atoms with E-state index in [1.54, 1.807) is 0 Å². The van der Waals surface area contributed by atoms with Gasteiger partial charge in [-0.3, -0.25) is 19.3 Å². The standard InChI is InChI=1S/C10H17N3O5/c1-5(15)9(12)10(18)13(6(2)16)7(4-14)3-8(11)17/h4-5,7,9,15H,3,12H2,1-2H3,(H2,11,17)/t5-,7+,9+/m1/s1. The molecule has 0 aromatic carbocycles. The fourth-order valence-electron chi connectivity index (χ4n) is 1.33. The van der Waals surface area contributed by atoms with E-state index in [0.29, 0.717) is 4.90 Å². The number of aliphatic hydroxyl groups excluding tert-OH is 1. The monoisotopic (exact) mass is 259 g/mol. The summed E-state index contributed by atoms with van der Waals surface area (Å²) in [6.45, 7) is 2.31. The van der Waals surface area contributed by atoms with Crippen molar-refractivity contribution in [3.05, 3.63) is 0 Å². The minimum atomic E-state index is -1.36. The molecule has 0 aliphatic rings. The van der Waals surface area contributed by atoms with Crippen LogP contribution in [0, 0.1) is 0 Å². The lowest BCUT2D eigenvalue weighted by Crippen LogP contribution is -2.55. The van der Waals surface area contributed by atoms with Crippen LogP contribution in [0.15, 0.2) is 0 Å². The second kappa shape index (κ2) is 6.82. The maximum atomic E-state index is 11.8. The van der Waals surface area contributed by atoms with Crippen LogP contribution in [0.4, 0.5) is 0 Å². The number of aliphatic hydroxyl groups is 1. The number of hydrogen-bond acceptors (Lipinski definition) is 6. The minimum absolute atomic E-state index is 0.263. The van der Waals surface area contributed by atoms with Crippen molar-refractivity contribution in [2.75, 3.05) is 0 Å². The first-order chi connectivity index (χ1) is 8.22. The number of aldehydes is 1. The van der Waals surface area contributed by atoms with Gasteiger partial charge in [-0.05, 0) is 6.92 Å². The largest absolute Gasteiger partial charge is 0.391 e. The molecule has 0 aliphatic heterocycles. The van der Waals surface area contributed by atoms with Gasteiger partial charge in [-0.25, -0.2) is 0 Å². The SMILES string of the molecule is CC(=O)N(C(=O)[C@@H](N)[C@@H](C)O)[C@H](C=O)CC(N)=O. The molecule has 8 heteroatoms. The highest BCUT2D eigenvalue weighted by Crippen LogP contribution is 2.07. The normalized spacial score (nSPS) is 15.3. The van der Waals surface area contributed by atoms with E-state index in [-0.39, 0.29) is 6.29 Å². The molecule has 0 fully saturated rings. The Morgan fingerprint density at radius 1 is 1.39 bits per heavy atom. The lowest BCUT2D eigenvalue weighted by molar-refractivity contribution is -0.150. The van der Waals surface area contributed by atoms with Gasteiger partial charge in [0.1, 0.15) is 18.4 Å². The van der Waals surface area contributed by atoms with Crippen molar-refractivity contribution in [2.24, 2.45) is 11.5 Å². The molecule has 0 saturated carbocycles. The van der Waals surface area contributed by atoms with Gasteiger partial charge in [0.2, 0.25) is 17.7 Å². The molecule has 0 radical (unpaired) electrons. The molecule has 0 unspecified atom stereocenters. The molecule has 0 bridgehead atoms. The van der Waals surface area contributed by atoms with Gasteiger partial charge >= 0.3 is 0 Å². The molecule has 8 nitrogen and oxygen atoms in total. The van der Waals surface area contributed by atoms with E-state index in [1.807, 2.05) is 0 Å². The Morgan fingerprint density at radius 2 is 1.89 bits per heavy atom. The third-order valence-electron chi connectivity index (χ3n) is 2.28. The zero-order chi connectivity index (χ0) is 14.5. The van der Waals surface area contributed by atoms with Gasteiger partial charge in [-0.1, -0.05) is 0 Å². The smallest absolute Gasteiger partial charge is 0.249 e. The van der Waals surface area contributed by atoms with Crippen LogP contribution < -0.4 is 11.5 Å². The summed E-state index contributed by atoms with van der Waals surface area (Å²) in [6.07, 6.45) is -1.42. The maximum Gasteiger partial charge on any atom is 0.249 e. The molecule has 0 aliphatic carbocycles. The molecule has 0 aromatic heterocycles. The van der Waals surface area contributed by atoms with Crippen molar-refractivity contribution in [1.29, 1.82) is 0 Å². The van der Waals surface area contributed by atoms with E-state index in [0.717, 1.165) is 6.92 Å².